The Bertz CT molecular complexity index is 638. The fraction of sp³-hybridized carbons (Fsp3) is 0.706. The van der Waals surface area contributed by atoms with Crippen molar-refractivity contribution in [2.75, 3.05) is 18.1 Å². The number of amides is 3. The standard InChI is InChI=1S/C17H31N5O7S2/c18-6-2-1-3-10(17(28)29)20-15(26)12(8-31)22-16(27)11(7-30)21-14(25)9(19)4-5-13(23)24/h9-12,30-31H,1-8,18-19H2,(H,20,26)(H,21,25)(H,22,27)(H,23,24)(H,28,29)/t9-,10-,11-,12-/m0/s1. The molecule has 0 rings (SSSR count). The van der Waals surface area contributed by atoms with E-state index in [1.165, 1.54) is 0 Å². The predicted octanol–water partition coefficient (Wildman–Crippen LogP) is -2.29. The van der Waals surface area contributed by atoms with Crippen LogP contribution in [0.2, 0.25) is 0 Å². The van der Waals surface area contributed by atoms with Crippen molar-refractivity contribution in [2.24, 2.45) is 11.5 Å². The molecule has 0 spiro atoms. The van der Waals surface area contributed by atoms with E-state index in [1.807, 2.05) is 0 Å². The second-order valence-corrected chi connectivity index (χ2v) is 7.44. The minimum absolute atomic E-state index is 0.121. The highest BCUT2D eigenvalue weighted by atomic mass is 32.1. The Morgan fingerprint density at radius 3 is 1.68 bits per heavy atom. The lowest BCUT2D eigenvalue weighted by Crippen LogP contribution is -2.58. The summed E-state index contributed by atoms with van der Waals surface area (Å²) in [6, 6.07) is -4.60. The number of carboxylic acid groups (broad SMARTS) is 2. The molecule has 0 aliphatic carbocycles. The maximum Gasteiger partial charge on any atom is 0.326 e. The van der Waals surface area contributed by atoms with Crippen molar-refractivity contribution in [1.82, 2.24) is 16.0 Å². The lowest BCUT2D eigenvalue weighted by atomic mass is 10.1. The summed E-state index contributed by atoms with van der Waals surface area (Å²) in [5.41, 5.74) is 11.0. The minimum atomic E-state index is -1.22. The SMILES string of the molecule is NCCCC[C@H](NC(=O)[C@H](CS)NC(=O)[C@H](CS)NC(=O)[C@@H](N)CCC(=O)O)C(=O)O. The lowest BCUT2D eigenvalue weighted by molar-refractivity contribution is -0.142. The molecule has 0 aliphatic heterocycles. The zero-order valence-corrected chi connectivity index (χ0v) is 18.7. The smallest absolute Gasteiger partial charge is 0.326 e. The fourth-order valence-corrected chi connectivity index (χ4v) is 2.89. The number of thiol groups is 2. The number of carboxylic acids is 2. The maximum atomic E-state index is 12.4. The maximum absolute atomic E-state index is 12.4. The molecule has 0 saturated carbocycles. The Morgan fingerprint density at radius 1 is 0.774 bits per heavy atom. The summed E-state index contributed by atoms with van der Waals surface area (Å²) in [6.07, 6.45) is 0.843. The van der Waals surface area contributed by atoms with Gasteiger partial charge in [-0.1, -0.05) is 0 Å². The second kappa shape index (κ2) is 15.7. The van der Waals surface area contributed by atoms with Crippen LogP contribution in [-0.4, -0.2) is 82.1 Å². The molecule has 9 N–H and O–H groups in total. The first-order valence-electron chi connectivity index (χ1n) is 9.60. The number of unbranched alkanes of at least 4 members (excludes halogenated alkanes) is 1. The van der Waals surface area contributed by atoms with Gasteiger partial charge in [0.05, 0.1) is 6.04 Å². The predicted molar refractivity (Wildman–Crippen MR) is 119 cm³/mol. The van der Waals surface area contributed by atoms with Gasteiger partial charge in [0.2, 0.25) is 17.7 Å². The molecule has 0 heterocycles. The minimum Gasteiger partial charge on any atom is -0.481 e. The van der Waals surface area contributed by atoms with Crippen molar-refractivity contribution in [3.05, 3.63) is 0 Å². The number of hydrogen-bond donors (Lipinski definition) is 9. The van der Waals surface area contributed by atoms with Crippen LogP contribution in [0.5, 0.6) is 0 Å². The largest absolute Gasteiger partial charge is 0.481 e. The molecular weight excluding hydrogens is 450 g/mol. The van der Waals surface area contributed by atoms with Gasteiger partial charge in [-0.3, -0.25) is 19.2 Å². The number of nitrogens with two attached hydrogens (primary N) is 2. The van der Waals surface area contributed by atoms with Crippen molar-refractivity contribution < 1.29 is 34.2 Å². The van der Waals surface area contributed by atoms with Crippen molar-refractivity contribution in [3.63, 3.8) is 0 Å². The molecule has 12 nitrogen and oxygen atoms in total. The van der Waals surface area contributed by atoms with E-state index in [0.717, 1.165) is 0 Å². The summed E-state index contributed by atoms with van der Waals surface area (Å²) in [7, 11) is 0. The Hall–Kier alpha value is -2.03. The topological polar surface area (TPSA) is 214 Å². The van der Waals surface area contributed by atoms with Gasteiger partial charge in [-0.15, -0.1) is 0 Å². The van der Waals surface area contributed by atoms with Crippen LogP contribution in [0.4, 0.5) is 0 Å². The number of carbonyl (C=O) groups is 5. The van der Waals surface area contributed by atoms with Crippen LogP contribution >= 0.6 is 25.3 Å². The monoisotopic (exact) mass is 481 g/mol. The second-order valence-electron chi connectivity index (χ2n) is 6.71. The molecule has 0 fully saturated rings. The summed E-state index contributed by atoms with van der Waals surface area (Å²) in [5, 5.41) is 25.0. The third-order valence-electron chi connectivity index (χ3n) is 4.20. The van der Waals surface area contributed by atoms with Crippen molar-refractivity contribution in [3.8, 4) is 0 Å². The molecule has 0 unspecified atom stereocenters. The van der Waals surface area contributed by atoms with E-state index in [9.17, 15) is 29.1 Å². The summed E-state index contributed by atoms with van der Waals surface area (Å²) in [4.78, 5) is 58.8. The van der Waals surface area contributed by atoms with Crippen LogP contribution in [0.15, 0.2) is 0 Å². The van der Waals surface area contributed by atoms with E-state index in [1.54, 1.807) is 0 Å². The molecule has 0 aromatic carbocycles. The Morgan fingerprint density at radius 2 is 1.26 bits per heavy atom. The zero-order valence-electron chi connectivity index (χ0n) is 17.0. The van der Waals surface area contributed by atoms with Gasteiger partial charge in [-0.25, -0.2) is 4.79 Å². The average molecular weight is 482 g/mol. The van der Waals surface area contributed by atoms with Gasteiger partial charge in [0, 0.05) is 17.9 Å². The van der Waals surface area contributed by atoms with E-state index < -0.39 is 53.8 Å². The van der Waals surface area contributed by atoms with Gasteiger partial charge in [0.15, 0.2) is 0 Å². The quantitative estimate of drug-likeness (QED) is 0.0855. The molecule has 3 amide bonds. The number of rotatable bonds is 16. The Kier molecular flexibility index (Phi) is 14.7. The molecule has 4 atom stereocenters. The number of aliphatic carboxylic acids is 2. The first kappa shape index (κ1) is 29.0. The Balaban J connectivity index is 4.91. The fourth-order valence-electron chi connectivity index (χ4n) is 2.37. The van der Waals surface area contributed by atoms with Gasteiger partial charge in [-0.05, 0) is 32.2 Å². The number of hydrogen-bond acceptors (Lipinski definition) is 9. The molecular formula is C17H31N5O7S2. The third kappa shape index (κ3) is 11.8. The number of carbonyl (C=O) groups excluding carboxylic acids is 3. The lowest BCUT2D eigenvalue weighted by Gasteiger charge is -2.23. The van der Waals surface area contributed by atoms with Crippen LogP contribution in [0.1, 0.15) is 32.1 Å². The molecule has 31 heavy (non-hydrogen) atoms. The molecule has 0 bridgehead atoms. The highest BCUT2D eigenvalue weighted by molar-refractivity contribution is 7.80. The third-order valence-corrected chi connectivity index (χ3v) is 4.93. The molecule has 0 aromatic rings. The first-order valence-corrected chi connectivity index (χ1v) is 10.9. The van der Waals surface area contributed by atoms with Gasteiger partial charge >= 0.3 is 11.9 Å². The summed E-state index contributed by atoms with van der Waals surface area (Å²) >= 11 is 8.01. The van der Waals surface area contributed by atoms with Crippen LogP contribution in [-0.2, 0) is 24.0 Å². The normalized spacial score (nSPS) is 14.6. The van der Waals surface area contributed by atoms with Crippen LogP contribution < -0.4 is 27.4 Å². The summed E-state index contributed by atoms with van der Waals surface area (Å²) in [5.74, 6) is -4.82. The first-order chi connectivity index (χ1) is 14.6. The summed E-state index contributed by atoms with van der Waals surface area (Å²) in [6.45, 7) is 0.395. The van der Waals surface area contributed by atoms with E-state index in [0.29, 0.717) is 19.4 Å². The van der Waals surface area contributed by atoms with Crippen LogP contribution in [0, 0.1) is 0 Å². The van der Waals surface area contributed by atoms with E-state index in [-0.39, 0.29) is 30.8 Å². The average Bonchev–Trinajstić information content (AvgIpc) is 2.72. The molecule has 0 saturated heterocycles. The molecule has 178 valence electrons. The summed E-state index contributed by atoms with van der Waals surface area (Å²) < 4.78 is 0. The molecule has 14 heteroatoms. The number of nitrogens with one attached hydrogen (secondary N) is 3. The van der Waals surface area contributed by atoms with E-state index in [2.05, 4.69) is 41.2 Å². The van der Waals surface area contributed by atoms with Crippen molar-refractivity contribution in [2.45, 2.75) is 56.3 Å². The van der Waals surface area contributed by atoms with Gasteiger partial charge in [-0.2, -0.15) is 25.3 Å². The molecule has 0 radical (unpaired) electrons. The van der Waals surface area contributed by atoms with Crippen LogP contribution in [0.3, 0.4) is 0 Å². The highest BCUT2D eigenvalue weighted by Crippen LogP contribution is 2.03. The van der Waals surface area contributed by atoms with Crippen LogP contribution in [0.25, 0.3) is 0 Å². The van der Waals surface area contributed by atoms with Crippen molar-refractivity contribution in [1.29, 1.82) is 0 Å². The van der Waals surface area contributed by atoms with Crippen molar-refractivity contribution >= 4 is 54.9 Å². The highest BCUT2D eigenvalue weighted by Gasteiger charge is 2.29. The zero-order chi connectivity index (χ0) is 24.0. The Labute approximate surface area is 191 Å². The van der Waals surface area contributed by atoms with E-state index in [4.69, 9.17) is 16.6 Å². The van der Waals surface area contributed by atoms with E-state index >= 15 is 0 Å². The molecule has 0 aromatic heterocycles. The molecule has 0 aliphatic rings. The van der Waals surface area contributed by atoms with Gasteiger partial charge in [0.1, 0.15) is 18.1 Å². The van der Waals surface area contributed by atoms with Gasteiger partial charge in [0.25, 0.3) is 0 Å². The van der Waals surface area contributed by atoms with Gasteiger partial charge < -0.3 is 37.6 Å².